The van der Waals surface area contributed by atoms with Gasteiger partial charge in [0.25, 0.3) is 0 Å². The number of carbonyl (C=O) groups is 1. The molecule has 0 fully saturated rings. The summed E-state index contributed by atoms with van der Waals surface area (Å²) < 4.78 is 0. The number of benzene rings is 1. The van der Waals surface area contributed by atoms with Crippen LogP contribution in [0.25, 0.3) is 0 Å². The zero-order valence-electron chi connectivity index (χ0n) is 11.1. The molecule has 0 aliphatic carbocycles. The van der Waals surface area contributed by atoms with Crippen LogP contribution in [-0.4, -0.2) is 30.0 Å². The van der Waals surface area contributed by atoms with E-state index in [4.69, 9.17) is 5.21 Å². The fraction of sp³-hybridized carbons (Fsp3) is 0.429. The number of rotatable bonds is 3. The Morgan fingerprint density at radius 3 is 3.00 bits per heavy atom. The summed E-state index contributed by atoms with van der Waals surface area (Å²) in [5.74, 6) is 0. The largest absolute Gasteiger partial charge is 0.411 e. The summed E-state index contributed by atoms with van der Waals surface area (Å²) in [4.78, 5) is 13.9. The number of oxime groups is 1. The van der Waals surface area contributed by atoms with E-state index in [2.05, 4.69) is 17.4 Å². The lowest BCUT2D eigenvalue weighted by atomic mass is 10.00. The van der Waals surface area contributed by atoms with E-state index in [9.17, 15) is 4.79 Å². The van der Waals surface area contributed by atoms with Gasteiger partial charge in [-0.1, -0.05) is 36.7 Å². The fourth-order valence-corrected chi connectivity index (χ4v) is 2.21. The van der Waals surface area contributed by atoms with Gasteiger partial charge in [-0.25, -0.2) is 4.79 Å². The SMILES string of the molecule is CCCCNC(=O)N1CCC(=NO)c2ccccc21. The van der Waals surface area contributed by atoms with E-state index < -0.39 is 0 Å². The van der Waals surface area contributed by atoms with Crippen LogP contribution >= 0.6 is 0 Å². The highest BCUT2D eigenvalue weighted by Gasteiger charge is 2.25. The molecule has 1 aliphatic heterocycles. The maximum atomic E-state index is 12.1. The molecule has 1 aromatic carbocycles. The minimum Gasteiger partial charge on any atom is -0.411 e. The molecule has 0 atom stereocenters. The minimum absolute atomic E-state index is 0.0853. The second kappa shape index (κ2) is 6.22. The highest BCUT2D eigenvalue weighted by Crippen LogP contribution is 2.27. The average Bonchev–Trinajstić information content (AvgIpc) is 2.46. The number of unbranched alkanes of at least 4 members (excludes halogenated alkanes) is 1. The fourth-order valence-electron chi connectivity index (χ4n) is 2.21. The molecule has 1 heterocycles. The summed E-state index contributed by atoms with van der Waals surface area (Å²) in [5, 5.41) is 15.2. The van der Waals surface area contributed by atoms with Gasteiger partial charge in [0.1, 0.15) is 0 Å². The van der Waals surface area contributed by atoms with Crippen LogP contribution in [-0.2, 0) is 0 Å². The lowest BCUT2D eigenvalue weighted by Crippen LogP contribution is -2.44. The summed E-state index contributed by atoms with van der Waals surface area (Å²) >= 11 is 0. The van der Waals surface area contributed by atoms with Gasteiger partial charge >= 0.3 is 6.03 Å². The first-order valence-electron chi connectivity index (χ1n) is 6.63. The zero-order valence-corrected chi connectivity index (χ0v) is 11.1. The molecule has 0 saturated heterocycles. The second-order valence-corrected chi connectivity index (χ2v) is 4.55. The lowest BCUT2D eigenvalue weighted by molar-refractivity contribution is 0.246. The molecule has 0 aromatic heterocycles. The van der Waals surface area contributed by atoms with Crippen LogP contribution in [0.5, 0.6) is 0 Å². The molecular weight excluding hydrogens is 242 g/mol. The molecule has 5 nitrogen and oxygen atoms in total. The lowest BCUT2D eigenvalue weighted by Gasteiger charge is -2.29. The van der Waals surface area contributed by atoms with Crippen molar-refractivity contribution in [3.63, 3.8) is 0 Å². The monoisotopic (exact) mass is 261 g/mol. The number of anilines is 1. The smallest absolute Gasteiger partial charge is 0.321 e. The standard InChI is InChI=1S/C14H19N3O2/c1-2-3-9-15-14(18)17-10-8-12(16-19)11-6-4-5-7-13(11)17/h4-7,19H,2-3,8-10H2,1H3,(H,15,18). The van der Waals surface area contributed by atoms with Crippen molar-refractivity contribution >= 4 is 17.4 Å². The summed E-state index contributed by atoms with van der Waals surface area (Å²) in [6.45, 7) is 3.32. The average molecular weight is 261 g/mol. The van der Waals surface area contributed by atoms with Gasteiger partial charge < -0.3 is 10.5 Å². The number of nitrogens with zero attached hydrogens (tertiary/aromatic N) is 2. The second-order valence-electron chi connectivity index (χ2n) is 4.55. The van der Waals surface area contributed by atoms with Crippen LogP contribution in [0.15, 0.2) is 29.4 Å². The van der Waals surface area contributed by atoms with Gasteiger partial charge in [0.15, 0.2) is 0 Å². The van der Waals surface area contributed by atoms with Crippen molar-refractivity contribution < 1.29 is 10.0 Å². The number of amides is 2. The van der Waals surface area contributed by atoms with E-state index in [-0.39, 0.29) is 6.03 Å². The van der Waals surface area contributed by atoms with Gasteiger partial charge in [-0.3, -0.25) is 4.90 Å². The Hall–Kier alpha value is -2.04. The quantitative estimate of drug-likeness (QED) is 0.499. The van der Waals surface area contributed by atoms with Crippen LogP contribution in [0.1, 0.15) is 31.7 Å². The van der Waals surface area contributed by atoms with Crippen molar-refractivity contribution in [2.75, 3.05) is 18.0 Å². The Kier molecular flexibility index (Phi) is 4.39. The van der Waals surface area contributed by atoms with Crippen molar-refractivity contribution in [3.05, 3.63) is 29.8 Å². The Morgan fingerprint density at radius 1 is 1.47 bits per heavy atom. The molecule has 5 heteroatoms. The van der Waals surface area contributed by atoms with E-state index >= 15 is 0 Å². The van der Waals surface area contributed by atoms with E-state index in [0.29, 0.717) is 25.2 Å². The Morgan fingerprint density at radius 2 is 2.26 bits per heavy atom. The Labute approximate surface area is 112 Å². The molecule has 0 radical (unpaired) electrons. The maximum Gasteiger partial charge on any atom is 0.321 e. The Bertz CT molecular complexity index is 485. The van der Waals surface area contributed by atoms with E-state index in [1.807, 2.05) is 24.3 Å². The third kappa shape index (κ3) is 2.86. The van der Waals surface area contributed by atoms with E-state index in [1.165, 1.54) is 0 Å². The normalized spacial score (nSPS) is 16.3. The maximum absolute atomic E-state index is 12.1. The predicted octanol–water partition coefficient (Wildman–Crippen LogP) is 2.58. The van der Waals surface area contributed by atoms with Crippen molar-refractivity contribution in [3.8, 4) is 0 Å². The predicted molar refractivity (Wildman–Crippen MR) is 75.0 cm³/mol. The van der Waals surface area contributed by atoms with Crippen LogP contribution in [0.4, 0.5) is 10.5 Å². The van der Waals surface area contributed by atoms with Crippen LogP contribution < -0.4 is 10.2 Å². The zero-order chi connectivity index (χ0) is 13.7. The summed E-state index contributed by atoms with van der Waals surface area (Å²) in [7, 11) is 0. The molecule has 2 amide bonds. The molecule has 19 heavy (non-hydrogen) atoms. The van der Waals surface area contributed by atoms with Gasteiger partial charge in [0.05, 0.1) is 11.4 Å². The van der Waals surface area contributed by atoms with E-state index in [0.717, 1.165) is 24.1 Å². The number of para-hydroxylation sites is 1. The molecule has 0 saturated carbocycles. The molecule has 0 unspecified atom stereocenters. The third-order valence-electron chi connectivity index (χ3n) is 3.25. The van der Waals surface area contributed by atoms with Crippen molar-refractivity contribution in [1.29, 1.82) is 0 Å². The van der Waals surface area contributed by atoms with Gasteiger partial charge in [0.2, 0.25) is 0 Å². The van der Waals surface area contributed by atoms with Crippen LogP contribution in [0.2, 0.25) is 0 Å². The molecule has 1 aliphatic rings. The first-order chi connectivity index (χ1) is 9.27. The first kappa shape index (κ1) is 13.4. The van der Waals surface area contributed by atoms with Crippen molar-refractivity contribution in [2.45, 2.75) is 26.2 Å². The van der Waals surface area contributed by atoms with Gasteiger partial charge in [-0.05, 0) is 12.5 Å². The number of carbonyl (C=O) groups excluding carboxylic acids is 1. The van der Waals surface area contributed by atoms with E-state index in [1.54, 1.807) is 4.90 Å². The minimum atomic E-state index is -0.0853. The van der Waals surface area contributed by atoms with Crippen molar-refractivity contribution in [2.24, 2.45) is 5.16 Å². The highest BCUT2D eigenvalue weighted by atomic mass is 16.4. The molecule has 1 aromatic rings. The molecule has 0 bridgehead atoms. The summed E-state index contributed by atoms with van der Waals surface area (Å²) in [6, 6.07) is 7.42. The highest BCUT2D eigenvalue weighted by molar-refractivity contribution is 6.10. The van der Waals surface area contributed by atoms with Crippen molar-refractivity contribution in [1.82, 2.24) is 5.32 Å². The molecule has 102 valence electrons. The number of urea groups is 1. The molecule has 0 spiro atoms. The van der Waals surface area contributed by atoms with Crippen LogP contribution in [0.3, 0.4) is 0 Å². The topological polar surface area (TPSA) is 64.9 Å². The van der Waals surface area contributed by atoms with Gasteiger partial charge in [0, 0.05) is 25.1 Å². The number of fused-ring (bicyclic) bond motifs is 1. The summed E-state index contributed by atoms with van der Waals surface area (Å²) in [5.41, 5.74) is 2.26. The Balaban J connectivity index is 2.18. The summed E-state index contributed by atoms with van der Waals surface area (Å²) in [6.07, 6.45) is 2.59. The first-order valence-corrected chi connectivity index (χ1v) is 6.63. The number of hydrogen-bond donors (Lipinski definition) is 2. The molecule has 2 N–H and O–H groups in total. The van der Waals surface area contributed by atoms with Gasteiger partial charge in [-0.15, -0.1) is 0 Å². The van der Waals surface area contributed by atoms with Gasteiger partial charge in [-0.2, -0.15) is 0 Å². The molecule has 2 rings (SSSR count). The number of hydrogen-bond acceptors (Lipinski definition) is 3. The third-order valence-corrected chi connectivity index (χ3v) is 3.25. The molecular formula is C14H19N3O2. The van der Waals surface area contributed by atoms with Crippen LogP contribution in [0, 0.1) is 0 Å². The number of nitrogens with one attached hydrogen (secondary N) is 1.